The van der Waals surface area contributed by atoms with E-state index < -0.39 is 17.5 Å². The van der Waals surface area contributed by atoms with Gasteiger partial charge < -0.3 is 9.47 Å². The zero-order valence-corrected chi connectivity index (χ0v) is 19.6. The third-order valence-corrected chi connectivity index (χ3v) is 6.69. The summed E-state index contributed by atoms with van der Waals surface area (Å²) < 4.78 is 13.6. The van der Waals surface area contributed by atoms with Crippen LogP contribution in [0.3, 0.4) is 0 Å². The molecule has 2 aliphatic rings. The van der Waals surface area contributed by atoms with Crippen molar-refractivity contribution in [2.75, 3.05) is 13.2 Å². The van der Waals surface area contributed by atoms with Crippen LogP contribution >= 0.6 is 0 Å². The molecule has 1 aromatic heterocycles. The number of aromatic nitrogens is 2. The van der Waals surface area contributed by atoms with Crippen LogP contribution in [0.25, 0.3) is 0 Å². The van der Waals surface area contributed by atoms with E-state index in [9.17, 15) is 19.2 Å². The zero-order valence-electron chi connectivity index (χ0n) is 19.6. The molecule has 0 spiro atoms. The molecule has 4 atom stereocenters. The molecule has 1 unspecified atom stereocenters. The normalized spacial score (nSPS) is 24.1. The van der Waals surface area contributed by atoms with Gasteiger partial charge in [-0.1, -0.05) is 38.8 Å². The Balaban J connectivity index is 1.23. The number of rotatable bonds is 10. The quantitative estimate of drug-likeness (QED) is 0.423. The highest BCUT2D eigenvalue weighted by Gasteiger charge is 2.43. The van der Waals surface area contributed by atoms with Gasteiger partial charge >= 0.3 is 5.69 Å². The zero-order chi connectivity index (χ0) is 24.2. The number of hydrogen-bond acceptors (Lipinski definition) is 6. The highest BCUT2D eigenvalue weighted by Crippen LogP contribution is 2.36. The summed E-state index contributed by atoms with van der Waals surface area (Å²) in [5.74, 6) is -0.330. The summed E-state index contributed by atoms with van der Waals surface area (Å²) in [4.78, 5) is 52.1. The van der Waals surface area contributed by atoms with Crippen molar-refractivity contribution in [3.8, 4) is 0 Å². The minimum absolute atomic E-state index is 0.0338. The Bertz CT molecular complexity index is 1120. The molecule has 1 fully saturated rings. The summed E-state index contributed by atoms with van der Waals surface area (Å²) in [6.45, 7) is 5.01. The molecule has 0 saturated carbocycles. The number of imide groups is 1. The lowest BCUT2D eigenvalue weighted by Gasteiger charge is -2.23. The Morgan fingerprint density at radius 2 is 1.65 bits per heavy atom. The molecule has 0 bridgehead atoms. The lowest BCUT2D eigenvalue weighted by atomic mass is 9.98. The first-order chi connectivity index (χ1) is 16.4. The molecule has 2 aromatic rings. The Hall–Kier alpha value is -3.04. The Morgan fingerprint density at radius 1 is 0.971 bits per heavy atom. The Morgan fingerprint density at radius 3 is 2.29 bits per heavy atom. The van der Waals surface area contributed by atoms with E-state index in [1.807, 2.05) is 6.92 Å². The number of nitrogens with one attached hydrogen (secondary N) is 1. The van der Waals surface area contributed by atoms with Crippen molar-refractivity contribution in [3.05, 3.63) is 68.5 Å². The first kappa shape index (κ1) is 24.1. The smallest absolute Gasteiger partial charge is 0.330 e. The molecule has 182 valence electrons. The molecule has 9 heteroatoms. The number of hydrogen-bond donors (Lipinski definition) is 1. The van der Waals surface area contributed by atoms with Gasteiger partial charge in [-0.25, -0.2) is 4.79 Å². The maximum Gasteiger partial charge on any atom is 0.330 e. The first-order valence-corrected chi connectivity index (χ1v) is 12.0. The number of unbranched alkanes of at least 4 members (excludes halogenated alkanes) is 3. The summed E-state index contributed by atoms with van der Waals surface area (Å²) in [7, 11) is 0. The summed E-state index contributed by atoms with van der Waals surface area (Å²) in [6.07, 6.45) is 4.65. The van der Waals surface area contributed by atoms with Crippen LogP contribution in [0.2, 0.25) is 0 Å². The van der Waals surface area contributed by atoms with Crippen LogP contribution in [0, 0.1) is 5.92 Å². The minimum Gasteiger partial charge on any atom is -0.373 e. The van der Waals surface area contributed by atoms with Gasteiger partial charge in [0.15, 0.2) is 6.23 Å². The van der Waals surface area contributed by atoms with Gasteiger partial charge in [-0.05, 0) is 31.4 Å². The van der Waals surface area contributed by atoms with Gasteiger partial charge in [-0.3, -0.25) is 28.8 Å². The Kier molecular flexibility index (Phi) is 7.43. The SMILES string of the molecule is CC[C@H]1O[C@@H](n2ccc(=O)[nH]c2=O)[C@@H](OCCCCCCN2C(=O)c3ccccc3C2=O)C1C. The van der Waals surface area contributed by atoms with E-state index in [1.165, 1.54) is 21.7 Å². The molecule has 1 aromatic carbocycles. The summed E-state index contributed by atoms with van der Waals surface area (Å²) in [6, 6.07) is 8.23. The molecule has 2 aliphatic heterocycles. The third kappa shape index (κ3) is 4.76. The molecule has 1 saturated heterocycles. The van der Waals surface area contributed by atoms with Crippen LogP contribution in [0.4, 0.5) is 0 Å². The molecule has 2 amide bonds. The predicted molar refractivity (Wildman–Crippen MR) is 125 cm³/mol. The first-order valence-electron chi connectivity index (χ1n) is 12.0. The summed E-state index contributed by atoms with van der Waals surface area (Å²) >= 11 is 0. The number of nitrogens with zero attached hydrogens (tertiary/aromatic N) is 2. The van der Waals surface area contributed by atoms with E-state index in [-0.39, 0.29) is 29.9 Å². The number of amides is 2. The lowest BCUT2D eigenvalue weighted by Crippen LogP contribution is -2.37. The second-order valence-electron chi connectivity index (χ2n) is 8.91. The van der Waals surface area contributed by atoms with Crippen molar-refractivity contribution in [2.45, 2.75) is 64.4 Å². The minimum atomic E-state index is -0.585. The third-order valence-electron chi connectivity index (χ3n) is 6.69. The molecular formula is C25H31N3O6. The maximum absolute atomic E-state index is 12.4. The van der Waals surface area contributed by atoms with Gasteiger partial charge in [0.05, 0.1) is 17.2 Å². The number of fused-ring (bicyclic) bond motifs is 1. The lowest BCUT2D eigenvalue weighted by molar-refractivity contribution is -0.0672. The van der Waals surface area contributed by atoms with Gasteiger partial charge in [0.2, 0.25) is 0 Å². The van der Waals surface area contributed by atoms with Crippen LogP contribution in [0.5, 0.6) is 0 Å². The molecule has 0 aliphatic carbocycles. The predicted octanol–water partition coefficient (Wildman–Crippen LogP) is 2.72. The van der Waals surface area contributed by atoms with Crippen molar-refractivity contribution in [1.82, 2.24) is 14.5 Å². The maximum atomic E-state index is 12.4. The number of benzene rings is 1. The van der Waals surface area contributed by atoms with E-state index in [4.69, 9.17) is 9.47 Å². The average Bonchev–Trinajstić information content (AvgIpc) is 3.27. The van der Waals surface area contributed by atoms with Crippen molar-refractivity contribution in [2.24, 2.45) is 5.92 Å². The van der Waals surface area contributed by atoms with E-state index in [0.717, 1.165) is 32.1 Å². The van der Waals surface area contributed by atoms with Crippen LogP contribution in [-0.2, 0) is 9.47 Å². The van der Waals surface area contributed by atoms with Crippen LogP contribution in [0.15, 0.2) is 46.1 Å². The van der Waals surface area contributed by atoms with E-state index in [1.54, 1.807) is 24.3 Å². The van der Waals surface area contributed by atoms with Gasteiger partial charge in [-0.15, -0.1) is 0 Å². The van der Waals surface area contributed by atoms with E-state index in [2.05, 4.69) is 11.9 Å². The summed E-state index contributed by atoms with van der Waals surface area (Å²) in [5, 5.41) is 0. The van der Waals surface area contributed by atoms with E-state index >= 15 is 0 Å². The fourth-order valence-electron chi connectivity index (χ4n) is 4.79. The highest BCUT2D eigenvalue weighted by molar-refractivity contribution is 6.21. The van der Waals surface area contributed by atoms with E-state index in [0.29, 0.717) is 24.3 Å². The number of H-pyrrole nitrogens is 1. The highest BCUT2D eigenvalue weighted by atomic mass is 16.6. The van der Waals surface area contributed by atoms with Crippen molar-refractivity contribution in [3.63, 3.8) is 0 Å². The Labute approximate surface area is 197 Å². The van der Waals surface area contributed by atoms with Gasteiger partial charge in [-0.2, -0.15) is 0 Å². The van der Waals surface area contributed by atoms with Crippen molar-refractivity contribution < 1.29 is 19.1 Å². The molecule has 34 heavy (non-hydrogen) atoms. The average molecular weight is 470 g/mol. The number of ether oxygens (including phenoxy) is 2. The van der Waals surface area contributed by atoms with Gasteiger partial charge in [0.1, 0.15) is 6.10 Å². The second kappa shape index (κ2) is 10.5. The van der Waals surface area contributed by atoms with Crippen LogP contribution in [0.1, 0.15) is 72.9 Å². The van der Waals surface area contributed by atoms with Crippen LogP contribution < -0.4 is 11.2 Å². The van der Waals surface area contributed by atoms with Crippen molar-refractivity contribution >= 4 is 11.8 Å². The standard InChI is InChI=1S/C25H31N3O6/c1-3-19-16(2)21(24(34-19)28-14-12-20(29)26-25(28)32)33-15-9-5-4-8-13-27-22(30)17-10-6-7-11-18(17)23(27)31/h6-7,10-12,14,16,19,21,24H,3-5,8-9,13,15H2,1-2H3,(H,26,29,32)/t16?,19-,21+,24-/m1/s1. The monoisotopic (exact) mass is 469 g/mol. The number of carbonyl (C=O) groups excluding carboxylic acids is 2. The fraction of sp³-hybridized carbons (Fsp3) is 0.520. The molecule has 1 N–H and O–H groups in total. The van der Waals surface area contributed by atoms with Gasteiger partial charge in [0, 0.05) is 31.3 Å². The number of carbonyl (C=O) groups is 2. The molecular weight excluding hydrogens is 438 g/mol. The fourth-order valence-corrected chi connectivity index (χ4v) is 4.79. The molecule has 9 nitrogen and oxygen atoms in total. The van der Waals surface area contributed by atoms with Crippen molar-refractivity contribution in [1.29, 1.82) is 0 Å². The number of aromatic amines is 1. The molecule has 4 rings (SSSR count). The van der Waals surface area contributed by atoms with Crippen LogP contribution in [-0.4, -0.2) is 51.6 Å². The van der Waals surface area contributed by atoms with Gasteiger partial charge in [0.25, 0.3) is 17.4 Å². The topological polar surface area (TPSA) is 111 Å². The largest absolute Gasteiger partial charge is 0.373 e. The molecule has 0 radical (unpaired) electrons. The molecule has 3 heterocycles. The summed E-state index contributed by atoms with van der Waals surface area (Å²) in [5.41, 5.74) is 0.00639. The second-order valence-corrected chi connectivity index (χ2v) is 8.91.